The lowest BCUT2D eigenvalue weighted by atomic mass is 9.88. The van der Waals surface area contributed by atoms with Gasteiger partial charge in [0.25, 0.3) is 0 Å². The third-order valence-electron chi connectivity index (χ3n) is 3.26. The van der Waals surface area contributed by atoms with E-state index in [0.717, 1.165) is 24.8 Å². The van der Waals surface area contributed by atoms with Gasteiger partial charge in [0.05, 0.1) is 0 Å². The van der Waals surface area contributed by atoms with Crippen LogP contribution in [0.2, 0.25) is 0 Å². The highest BCUT2D eigenvalue weighted by Gasteiger charge is 2.35. The first-order valence-corrected chi connectivity index (χ1v) is 5.21. The summed E-state index contributed by atoms with van der Waals surface area (Å²) in [5.74, 6) is 0.521. The van der Waals surface area contributed by atoms with Gasteiger partial charge in [0, 0.05) is 11.5 Å². The maximum absolute atomic E-state index is 12.0. The van der Waals surface area contributed by atoms with Crippen LogP contribution >= 0.6 is 0 Å². The molecule has 1 aromatic carbocycles. The summed E-state index contributed by atoms with van der Waals surface area (Å²) in [6.07, 6.45) is 5.58. The highest BCUT2D eigenvalue weighted by Crippen LogP contribution is 2.42. The Bertz CT molecular complexity index is 429. The Hall–Kier alpha value is -1.37. The standard InChI is InChI=1S/C13H12O/c14-13-11-7-3-1-5-9(11)10-6-2-4-8-12(10)13/h1,3,5-7,12H,2,4,8H2. The molecule has 0 saturated heterocycles. The van der Waals surface area contributed by atoms with Crippen molar-refractivity contribution in [2.24, 2.45) is 5.92 Å². The van der Waals surface area contributed by atoms with Crippen LogP contribution in [-0.4, -0.2) is 5.78 Å². The van der Waals surface area contributed by atoms with E-state index < -0.39 is 0 Å². The van der Waals surface area contributed by atoms with Gasteiger partial charge in [0.15, 0.2) is 5.78 Å². The molecule has 0 amide bonds. The summed E-state index contributed by atoms with van der Waals surface area (Å²) in [5, 5.41) is 0. The molecule has 1 atom stereocenters. The van der Waals surface area contributed by atoms with Gasteiger partial charge in [-0.2, -0.15) is 0 Å². The molecule has 1 aromatic rings. The van der Waals surface area contributed by atoms with Crippen molar-refractivity contribution in [2.75, 3.05) is 0 Å². The van der Waals surface area contributed by atoms with Crippen molar-refractivity contribution >= 4 is 11.4 Å². The van der Waals surface area contributed by atoms with Gasteiger partial charge in [-0.1, -0.05) is 30.3 Å². The number of ketones is 1. The third kappa shape index (κ3) is 0.926. The fourth-order valence-electron chi connectivity index (χ4n) is 2.58. The highest BCUT2D eigenvalue weighted by atomic mass is 16.1. The topological polar surface area (TPSA) is 17.1 Å². The average molecular weight is 184 g/mol. The van der Waals surface area contributed by atoms with Crippen molar-refractivity contribution in [1.29, 1.82) is 0 Å². The minimum Gasteiger partial charge on any atom is -0.293 e. The normalized spacial score (nSPS) is 24.1. The van der Waals surface area contributed by atoms with Crippen LogP contribution in [0.15, 0.2) is 30.3 Å². The van der Waals surface area contributed by atoms with Crippen LogP contribution < -0.4 is 0 Å². The molecule has 3 rings (SSSR count). The second kappa shape index (κ2) is 2.81. The van der Waals surface area contributed by atoms with Crippen molar-refractivity contribution in [3.8, 4) is 0 Å². The fourth-order valence-corrected chi connectivity index (χ4v) is 2.58. The van der Waals surface area contributed by atoms with Gasteiger partial charge < -0.3 is 0 Å². The molecule has 2 aliphatic carbocycles. The highest BCUT2D eigenvalue weighted by molar-refractivity contribution is 6.14. The quantitative estimate of drug-likeness (QED) is 0.605. The Labute approximate surface area is 83.4 Å². The zero-order valence-corrected chi connectivity index (χ0v) is 7.99. The second-order valence-electron chi connectivity index (χ2n) is 4.05. The average Bonchev–Trinajstić information content (AvgIpc) is 2.55. The van der Waals surface area contributed by atoms with E-state index in [1.54, 1.807) is 0 Å². The van der Waals surface area contributed by atoms with Crippen molar-refractivity contribution in [2.45, 2.75) is 19.3 Å². The number of carbonyl (C=O) groups is 1. The van der Waals surface area contributed by atoms with Crippen molar-refractivity contribution < 1.29 is 4.79 Å². The Balaban J connectivity index is 2.23. The SMILES string of the molecule is O=C1c2ccccc2C2=CCCCC12. The minimum absolute atomic E-state index is 0.182. The number of hydrogen-bond donors (Lipinski definition) is 0. The number of Topliss-reactive ketones (excluding diaryl/α,β-unsaturated/α-hetero) is 1. The van der Waals surface area contributed by atoms with Crippen molar-refractivity contribution in [3.05, 3.63) is 41.5 Å². The predicted molar refractivity (Wildman–Crippen MR) is 56.1 cm³/mol. The summed E-state index contributed by atoms with van der Waals surface area (Å²) in [5.41, 5.74) is 3.41. The number of benzene rings is 1. The van der Waals surface area contributed by atoms with Crippen LogP contribution in [0.3, 0.4) is 0 Å². The second-order valence-corrected chi connectivity index (χ2v) is 4.05. The molecule has 0 spiro atoms. The van der Waals surface area contributed by atoms with Crippen LogP contribution in [0.5, 0.6) is 0 Å². The van der Waals surface area contributed by atoms with Gasteiger partial charge in [0.1, 0.15) is 0 Å². The van der Waals surface area contributed by atoms with Crippen molar-refractivity contribution in [1.82, 2.24) is 0 Å². The summed E-state index contributed by atoms with van der Waals surface area (Å²) >= 11 is 0. The summed E-state index contributed by atoms with van der Waals surface area (Å²) in [4.78, 5) is 12.0. The lowest BCUT2D eigenvalue weighted by Gasteiger charge is -2.15. The van der Waals surface area contributed by atoms with Crippen LogP contribution in [0.25, 0.3) is 5.57 Å². The van der Waals surface area contributed by atoms with E-state index in [0.29, 0.717) is 5.78 Å². The lowest BCUT2D eigenvalue weighted by Crippen LogP contribution is -2.10. The predicted octanol–water partition coefficient (Wildman–Crippen LogP) is 3.07. The third-order valence-corrected chi connectivity index (χ3v) is 3.26. The molecule has 0 N–H and O–H groups in total. The van der Waals surface area contributed by atoms with Crippen LogP contribution in [0.4, 0.5) is 0 Å². The van der Waals surface area contributed by atoms with E-state index in [9.17, 15) is 4.79 Å². The van der Waals surface area contributed by atoms with Crippen LogP contribution in [-0.2, 0) is 0 Å². The Morgan fingerprint density at radius 2 is 1.93 bits per heavy atom. The molecule has 0 aliphatic heterocycles. The Morgan fingerprint density at radius 1 is 1.14 bits per heavy atom. The van der Waals surface area contributed by atoms with Gasteiger partial charge in [-0.15, -0.1) is 0 Å². The monoisotopic (exact) mass is 184 g/mol. The first-order chi connectivity index (χ1) is 6.88. The van der Waals surface area contributed by atoms with Gasteiger partial charge >= 0.3 is 0 Å². The molecule has 70 valence electrons. The molecule has 0 saturated carbocycles. The van der Waals surface area contributed by atoms with E-state index in [4.69, 9.17) is 0 Å². The van der Waals surface area contributed by atoms with E-state index in [-0.39, 0.29) is 5.92 Å². The molecule has 1 unspecified atom stereocenters. The molecule has 0 fully saturated rings. The number of fused-ring (bicyclic) bond motifs is 3. The summed E-state index contributed by atoms with van der Waals surface area (Å²) in [6, 6.07) is 8.00. The largest absolute Gasteiger partial charge is 0.293 e. The van der Waals surface area contributed by atoms with Crippen LogP contribution in [0.1, 0.15) is 35.2 Å². The van der Waals surface area contributed by atoms with Gasteiger partial charge in [-0.25, -0.2) is 0 Å². The molecule has 0 aromatic heterocycles. The van der Waals surface area contributed by atoms with Gasteiger partial charge in [0.2, 0.25) is 0 Å². The molecule has 1 nitrogen and oxygen atoms in total. The molecule has 14 heavy (non-hydrogen) atoms. The Morgan fingerprint density at radius 3 is 2.79 bits per heavy atom. The molecule has 2 aliphatic rings. The van der Waals surface area contributed by atoms with Crippen molar-refractivity contribution in [3.63, 3.8) is 0 Å². The van der Waals surface area contributed by atoms with E-state index >= 15 is 0 Å². The minimum atomic E-state index is 0.182. The molecule has 0 radical (unpaired) electrons. The maximum atomic E-state index is 12.0. The maximum Gasteiger partial charge on any atom is 0.170 e. The number of hydrogen-bond acceptors (Lipinski definition) is 1. The van der Waals surface area contributed by atoms with E-state index in [1.807, 2.05) is 18.2 Å². The Kier molecular flexibility index (Phi) is 1.60. The van der Waals surface area contributed by atoms with Gasteiger partial charge in [-0.3, -0.25) is 4.79 Å². The summed E-state index contributed by atoms with van der Waals surface area (Å²) in [6.45, 7) is 0. The summed E-state index contributed by atoms with van der Waals surface area (Å²) < 4.78 is 0. The van der Waals surface area contributed by atoms with E-state index in [2.05, 4.69) is 12.1 Å². The number of allylic oxidation sites excluding steroid dienone is 2. The first kappa shape index (κ1) is 7.98. The number of carbonyl (C=O) groups excluding carboxylic acids is 1. The molecular weight excluding hydrogens is 172 g/mol. The van der Waals surface area contributed by atoms with E-state index in [1.165, 1.54) is 11.1 Å². The summed E-state index contributed by atoms with van der Waals surface area (Å²) in [7, 11) is 0. The van der Waals surface area contributed by atoms with Crippen LogP contribution in [0, 0.1) is 5.92 Å². The molecule has 1 heteroatoms. The first-order valence-electron chi connectivity index (χ1n) is 5.21. The fraction of sp³-hybridized carbons (Fsp3) is 0.308. The molecule has 0 bridgehead atoms. The molecular formula is C13H12O. The molecule has 0 heterocycles. The zero-order chi connectivity index (χ0) is 9.54. The lowest BCUT2D eigenvalue weighted by molar-refractivity contribution is 0.0951. The smallest absolute Gasteiger partial charge is 0.170 e. The van der Waals surface area contributed by atoms with Gasteiger partial charge in [-0.05, 0) is 30.4 Å². The zero-order valence-electron chi connectivity index (χ0n) is 7.99. The number of rotatable bonds is 0.